The van der Waals surface area contributed by atoms with Crippen LogP contribution in [-0.2, 0) is 13.2 Å². The fraction of sp³-hybridized carbons (Fsp3) is 0.333. The number of aromatic hydroxyl groups is 1. The van der Waals surface area contributed by atoms with E-state index < -0.39 is 0 Å². The lowest BCUT2D eigenvalue weighted by atomic mass is 10.1. The van der Waals surface area contributed by atoms with Gasteiger partial charge in [-0.1, -0.05) is 30.3 Å². The third-order valence-electron chi connectivity index (χ3n) is 3.53. The van der Waals surface area contributed by atoms with Gasteiger partial charge in [0.25, 0.3) is 0 Å². The molecule has 124 valence electrons. The highest BCUT2D eigenvalue weighted by Gasteiger charge is 2.10. The van der Waals surface area contributed by atoms with Crippen molar-refractivity contribution in [3.8, 4) is 11.5 Å². The molecule has 0 atom stereocenters. The summed E-state index contributed by atoms with van der Waals surface area (Å²) in [7, 11) is 0. The van der Waals surface area contributed by atoms with E-state index in [1.807, 2.05) is 35.2 Å². The third-order valence-corrected chi connectivity index (χ3v) is 3.53. The molecular weight excluding hydrogens is 294 g/mol. The second-order valence-electron chi connectivity index (χ2n) is 5.29. The van der Waals surface area contributed by atoms with Gasteiger partial charge >= 0.3 is 0 Å². The molecule has 5 heteroatoms. The molecule has 0 aromatic heterocycles. The van der Waals surface area contributed by atoms with Gasteiger partial charge in [-0.25, -0.2) is 0 Å². The number of hydrogen-bond donors (Lipinski definition) is 3. The van der Waals surface area contributed by atoms with Crippen LogP contribution in [0.15, 0.2) is 48.5 Å². The van der Waals surface area contributed by atoms with Gasteiger partial charge in [-0.2, -0.15) is 0 Å². The van der Waals surface area contributed by atoms with Gasteiger partial charge in [0, 0.05) is 25.2 Å². The molecule has 0 aliphatic rings. The van der Waals surface area contributed by atoms with Crippen LogP contribution in [0.5, 0.6) is 11.5 Å². The van der Waals surface area contributed by atoms with Gasteiger partial charge in [-0.05, 0) is 23.8 Å². The summed E-state index contributed by atoms with van der Waals surface area (Å²) >= 11 is 0. The number of phenols is 1. The van der Waals surface area contributed by atoms with E-state index in [9.17, 15) is 5.11 Å². The van der Waals surface area contributed by atoms with Crippen LogP contribution in [0.25, 0.3) is 0 Å². The van der Waals surface area contributed by atoms with Crippen molar-refractivity contribution in [2.45, 2.75) is 13.2 Å². The minimum atomic E-state index is 0.00492. The molecule has 0 amide bonds. The molecule has 3 N–H and O–H groups in total. The number of ether oxygens (including phenoxy) is 1. The van der Waals surface area contributed by atoms with Crippen LogP contribution in [-0.4, -0.2) is 46.5 Å². The molecule has 0 fully saturated rings. The van der Waals surface area contributed by atoms with Crippen molar-refractivity contribution in [2.75, 3.05) is 26.3 Å². The second kappa shape index (κ2) is 9.15. The lowest BCUT2D eigenvalue weighted by Crippen LogP contribution is -2.29. The number of aliphatic hydroxyl groups is 2. The van der Waals surface area contributed by atoms with Crippen molar-refractivity contribution in [3.05, 3.63) is 59.7 Å². The number of aliphatic hydroxyl groups excluding tert-OH is 2. The molecule has 2 aromatic rings. The summed E-state index contributed by atoms with van der Waals surface area (Å²) in [5.74, 6) is 0.854. The number of nitrogens with zero attached hydrogens (tertiary/aromatic N) is 1. The Labute approximate surface area is 136 Å². The molecule has 2 aromatic carbocycles. The largest absolute Gasteiger partial charge is 0.508 e. The summed E-state index contributed by atoms with van der Waals surface area (Å²) < 4.78 is 5.76. The predicted octanol–water partition coefficient (Wildman–Crippen LogP) is 1.76. The van der Waals surface area contributed by atoms with Crippen molar-refractivity contribution >= 4 is 0 Å². The Morgan fingerprint density at radius 3 is 2.26 bits per heavy atom. The van der Waals surface area contributed by atoms with E-state index in [1.165, 1.54) is 0 Å². The zero-order valence-electron chi connectivity index (χ0n) is 13.1. The smallest absolute Gasteiger partial charge is 0.120 e. The normalized spacial score (nSPS) is 10.9. The maximum Gasteiger partial charge on any atom is 0.120 e. The quantitative estimate of drug-likeness (QED) is 0.657. The van der Waals surface area contributed by atoms with Gasteiger partial charge < -0.3 is 20.1 Å². The van der Waals surface area contributed by atoms with Gasteiger partial charge in [-0.15, -0.1) is 0 Å². The second-order valence-corrected chi connectivity index (χ2v) is 5.29. The van der Waals surface area contributed by atoms with Crippen LogP contribution in [0.3, 0.4) is 0 Å². The summed E-state index contributed by atoms with van der Waals surface area (Å²) in [6.45, 7) is 1.79. The average Bonchev–Trinajstić information content (AvgIpc) is 2.57. The highest BCUT2D eigenvalue weighted by molar-refractivity contribution is 5.39. The molecule has 0 aliphatic heterocycles. The van der Waals surface area contributed by atoms with E-state index in [-0.39, 0.29) is 19.0 Å². The average molecular weight is 317 g/mol. The molecule has 0 heterocycles. The van der Waals surface area contributed by atoms with E-state index in [0.29, 0.717) is 37.6 Å². The SMILES string of the molecule is OCCN(CCO)Cc1cc(OCc2ccccc2)ccc1O. The monoisotopic (exact) mass is 317 g/mol. The first-order valence-corrected chi connectivity index (χ1v) is 7.65. The Bertz CT molecular complexity index is 583. The Morgan fingerprint density at radius 2 is 1.61 bits per heavy atom. The first-order valence-electron chi connectivity index (χ1n) is 7.65. The molecule has 23 heavy (non-hydrogen) atoms. The topological polar surface area (TPSA) is 73.2 Å². The zero-order valence-corrected chi connectivity index (χ0v) is 13.1. The number of benzene rings is 2. The molecule has 2 rings (SSSR count). The van der Waals surface area contributed by atoms with E-state index in [1.54, 1.807) is 18.2 Å². The van der Waals surface area contributed by atoms with E-state index in [2.05, 4.69) is 0 Å². The summed E-state index contributed by atoms with van der Waals surface area (Å²) in [5.41, 5.74) is 1.78. The van der Waals surface area contributed by atoms with Crippen LogP contribution in [0.1, 0.15) is 11.1 Å². The van der Waals surface area contributed by atoms with Gasteiger partial charge in [0.2, 0.25) is 0 Å². The highest BCUT2D eigenvalue weighted by atomic mass is 16.5. The number of hydrogen-bond acceptors (Lipinski definition) is 5. The van der Waals surface area contributed by atoms with Crippen LogP contribution in [0, 0.1) is 0 Å². The minimum Gasteiger partial charge on any atom is -0.508 e. The van der Waals surface area contributed by atoms with Gasteiger partial charge in [0.1, 0.15) is 18.1 Å². The van der Waals surface area contributed by atoms with Crippen LogP contribution >= 0.6 is 0 Å². The van der Waals surface area contributed by atoms with Crippen molar-refractivity contribution in [1.82, 2.24) is 4.90 Å². The molecule has 0 radical (unpaired) electrons. The first kappa shape index (κ1) is 17.3. The number of phenolic OH excluding ortho intramolecular Hbond substituents is 1. The lowest BCUT2D eigenvalue weighted by molar-refractivity contribution is 0.155. The van der Waals surface area contributed by atoms with Crippen LogP contribution in [0.2, 0.25) is 0 Å². The van der Waals surface area contributed by atoms with Crippen molar-refractivity contribution in [1.29, 1.82) is 0 Å². The molecule has 0 unspecified atom stereocenters. The third kappa shape index (κ3) is 5.56. The minimum absolute atomic E-state index is 0.00492. The van der Waals surface area contributed by atoms with E-state index >= 15 is 0 Å². The summed E-state index contributed by atoms with van der Waals surface area (Å²) in [4.78, 5) is 1.87. The Hall–Kier alpha value is -2.08. The summed E-state index contributed by atoms with van der Waals surface area (Å²) in [6.07, 6.45) is 0. The van der Waals surface area contributed by atoms with E-state index in [0.717, 1.165) is 5.56 Å². The zero-order chi connectivity index (χ0) is 16.5. The Morgan fingerprint density at radius 1 is 0.913 bits per heavy atom. The van der Waals surface area contributed by atoms with Gasteiger partial charge in [0.15, 0.2) is 0 Å². The summed E-state index contributed by atoms with van der Waals surface area (Å²) in [5, 5.41) is 28.1. The van der Waals surface area contributed by atoms with Gasteiger partial charge in [-0.3, -0.25) is 4.90 Å². The first-order chi connectivity index (χ1) is 11.2. The summed E-state index contributed by atoms with van der Waals surface area (Å²) in [6, 6.07) is 15.0. The highest BCUT2D eigenvalue weighted by Crippen LogP contribution is 2.25. The predicted molar refractivity (Wildman–Crippen MR) is 88.3 cm³/mol. The molecule has 0 saturated carbocycles. The van der Waals surface area contributed by atoms with E-state index in [4.69, 9.17) is 14.9 Å². The molecule has 0 aliphatic carbocycles. The van der Waals surface area contributed by atoms with Crippen molar-refractivity contribution < 1.29 is 20.1 Å². The molecule has 0 bridgehead atoms. The molecule has 0 spiro atoms. The Kier molecular flexibility index (Phi) is 6.87. The molecule has 5 nitrogen and oxygen atoms in total. The molecular formula is C18H23NO4. The Balaban J connectivity index is 2.02. The fourth-order valence-electron chi connectivity index (χ4n) is 2.31. The lowest BCUT2D eigenvalue weighted by Gasteiger charge is -2.21. The maximum absolute atomic E-state index is 10.00. The van der Waals surface area contributed by atoms with Crippen molar-refractivity contribution in [3.63, 3.8) is 0 Å². The standard InChI is InChI=1S/C18H23NO4/c20-10-8-19(9-11-21)13-16-12-17(6-7-18(16)22)23-14-15-4-2-1-3-5-15/h1-7,12,20-22H,8-11,13-14H2. The van der Waals surface area contributed by atoms with Crippen LogP contribution < -0.4 is 4.74 Å². The molecule has 0 saturated heterocycles. The van der Waals surface area contributed by atoms with Crippen LogP contribution in [0.4, 0.5) is 0 Å². The fourth-order valence-corrected chi connectivity index (χ4v) is 2.31. The maximum atomic E-state index is 10.00. The van der Waals surface area contributed by atoms with Gasteiger partial charge in [0.05, 0.1) is 13.2 Å². The number of rotatable bonds is 9. The van der Waals surface area contributed by atoms with Crippen molar-refractivity contribution in [2.24, 2.45) is 0 Å².